The van der Waals surface area contributed by atoms with Crippen LogP contribution in [-0.4, -0.2) is 28.8 Å². The van der Waals surface area contributed by atoms with E-state index in [-0.39, 0.29) is 5.11 Å². The molecular formula is C7H15N3O2S. The lowest BCUT2D eigenvalue weighted by Crippen LogP contribution is -2.43. The van der Waals surface area contributed by atoms with Crippen molar-refractivity contribution in [3.8, 4) is 0 Å². The second-order valence-corrected chi connectivity index (χ2v) is 3.12. The first-order valence-electron chi connectivity index (χ1n) is 4.06. The van der Waals surface area contributed by atoms with Crippen molar-refractivity contribution in [2.45, 2.75) is 25.3 Å². The summed E-state index contributed by atoms with van der Waals surface area (Å²) >= 11 is 4.55. The minimum absolute atomic E-state index is 0.0140. The van der Waals surface area contributed by atoms with Crippen LogP contribution >= 0.6 is 12.2 Å². The lowest BCUT2D eigenvalue weighted by molar-refractivity contribution is -0.139. The van der Waals surface area contributed by atoms with Crippen LogP contribution < -0.4 is 16.8 Å². The molecule has 0 saturated carbocycles. The van der Waals surface area contributed by atoms with Crippen LogP contribution in [0.25, 0.3) is 0 Å². The maximum Gasteiger partial charge on any atom is 0.326 e. The first-order valence-corrected chi connectivity index (χ1v) is 4.47. The Morgan fingerprint density at radius 3 is 2.54 bits per heavy atom. The first kappa shape index (κ1) is 12.1. The lowest BCUT2D eigenvalue weighted by atomic mass is 10.1. The van der Waals surface area contributed by atoms with Gasteiger partial charge in [0.1, 0.15) is 6.04 Å². The normalized spacial score (nSPS) is 12.1. The predicted molar refractivity (Wildman–Crippen MR) is 54.3 cm³/mol. The molecule has 0 amide bonds. The highest BCUT2D eigenvalue weighted by atomic mass is 32.1. The molecule has 0 aliphatic rings. The Kier molecular flexibility index (Phi) is 6.17. The molecule has 5 nitrogen and oxygen atoms in total. The number of unbranched alkanes of at least 4 members (excludes halogenated alkanes) is 1. The van der Waals surface area contributed by atoms with Crippen molar-refractivity contribution in [1.29, 1.82) is 0 Å². The largest absolute Gasteiger partial charge is 0.480 e. The maximum atomic E-state index is 10.6. The number of rotatable bonds is 6. The minimum Gasteiger partial charge on any atom is -0.480 e. The SMILES string of the molecule is NCCCCC(NC(N)=S)C(=O)O. The molecule has 0 bridgehead atoms. The first-order chi connectivity index (χ1) is 6.07. The van der Waals surface area contributed by atoms with Gasteiger partial charge in [-0.15, -0.1) is 0 Å². The summed E-state index contributed by atoms with van der Waals surface area (Å²) in [5, 5.41) is 11.2. The molecule has 0 aliphatic carbocycles. The van der Waals surface area contributed by atoms with Gasteiger partial charge in [0.15, 0.2) is 5.11 Å². The third kappa shape index (κ3) is 6.30. The van der Waals surface area contributed by atoms with Gasteiger partial charge >= 0.3 is 5.97 Å². The van der Waals surface area contributed by atoms with Crippen molar-refractivity contribution < 1.29 is 9.90 Å². The van der Waals surface area contributed by atoms with Crippen LogP contribution in [0.3, 0.4) is 0 Å². The molecule has 0 aromatic rings. The molecule has 0 fully saturated rings. The average Bonchev–Trinajstić information content (AvgIpc) is 2.02. The van der Waals surface area contributed by atoms with Crippen LogP contribution in [-0.2, 0) is 4.79 Å². The highest BCUT2D eigenvalue weighted by Gasteiger charge is 2.16. The fourth-order valence-electron chi connectivity index (χ4n) is 0.922. The number of carboxylic acids is 1. The van der Waals surface area contributed by atoms with Crippen molar-refractivity contribution in [1.82, 2.24) is 5.32 Å². The summed E-state index contributed by atoms with van der Waals surface area (Å²) < 4.78 is 0. The van der Waals surface area contributed by atoms with Gasteiger partial charge in [-0.1, -0.05) is 0 Å². The standard InChI is InChI=1S/C7H15N3O2S/c8-4-2-1-3-5(6(11)12)10-7(9)13/h5H,1-4,8H2,(H,11,12)(H3,9,10,13). The number of hydrogen-bond acceptors (Lipinski definition) is 3. The summed E-state index contributed by atoms with van der Waals surface area (Å²) in [4.78, 5) is 10.6. The van der Waals surface area contributed by atoms with Gasteiger partial charge in [-0.2, -0.15) is 0 Å². The lowest BCUT2D eigenvalue weighted by Gasteiger charge is -2.13. The van der Waals surface area contributed by atoms with Gasteiger partial charge in [0.25, 0.3) is 0 Å². The van der Waals surface area contributed by atoms with E-state index in [2.05, 4.69) is 17.5 Å². The monoisotopic (exact) mass is 205 g/mol. The van der Waals surface area contributed by atoms with E-state index >= 15 is 0 Å². The molecule has 6 N–H and O–H groups in total. The number of nitrogens with one attached hydrogen (secondary N) is 1. The predicted octanol–water partition coefficient (Wildman–Crippen LogP) is -0.598. The quantitative estimate of drug-likeness (QED) is 0.341. The summed E-state index contributed by atoms with van der Waals surface area (Å²) in [6.07, 6.45) is 2.05. The number of hydrogen-bond donors (Lipinski definition) is 4. The number of nitrogens with two attached hydrogens (primary N) is 2. The van der Waals surface area contributed by atoms with Crippen molar-refractivity contribution >= 4 is 23.3 Å². The van der Waals surface area contributed by atoms with E-state index in [0.29, 0.717) is 13.0 Å². The van der Waals surface area contributed by atoms with Crippen molar-refractivity contribution in [3.05, 3.63) is 0 Å². The van der Waals surface area contributed by atoms with Gasteiger partial charge in [0.2, 0.25) is 0 Å². The third-order valence-electron chi connectivity index (χ3n) is 1.56. The summed E-state index contributed by atoms with van der Waals surface area (Å²) in [5.41, 5.74) is 10.4. The molecule has 1 unspecified atom stereocenters. The van der Waals surface area contributed by atoms with Crippen LogP contribution in [0.5, 0.6) is 0 Å². The second-order valence-electron chi connectivity index (χ2n) is 2.68. The Morgan fingerprint density at radius 2 is 2.15 bits per heavy atom. The highest BCUT2D eigenvalue weighted by molar-refractivity contribution is 7.80. The van der Waals surface area contributed by atoms with E-state index in [0.717, 1.165) is 12.8 Å². The van der Waals surface area contributed by atoms with Gasteiger partial charge in [-0.05, 0) is 38.0 Å². The molecule has 13 heavy (non-hydrogen) atoms. The van der Waals surface area contributed by atoms with Gasteiger partial charge < -0.3 is 21.9 Å². The number of carbonyl (C=O) groups is 1. The number of carboxylic acid groups (broad SMARTS) is 1. The summed E-state index contributed by atoms with van der Waals surface area (Å²) in [6, 6.07) is -0.691. The summed E-state index contributed by atoms with van der Waals surface area (Å²) in [6.45, 7) is 0.569. The smallest absolute Gasteiger partial charge is 0.326 e. The Labute approximate surface area is 82.5 Å². The minimum atomic E-state index is -0.940. The molecular weight excluding hydrogens is 190 g/mol. The van der Waals surface area contributed by atoms with Gasteiger partial charge in [-0.3, -0.25) is 0 Å². The van der Waals surface area contributed by atoms with E-state index in [1.165, 1.54) is 0 Å². The molecule has 0 aromatic carbocycles. The molecule has 0 radical (unpaired) electrons. The number of aliphatic carboxylic acids is 1. The zero-order valence-electron chi connectivity index (χ0n) is 7.32. The number of thiocarbonyl (C=S) groups is 1. The van der Waals surface area contributed by atoms with E-state index in [1.807, 2.05) is 0 Å². The van der Waals surface area contributed by atoms with Gasteiger partial charge in [-0.25, -0.2) is 4.79 Å². The van der Waals surface area contributed by atoms with E-state index in [1.54, 1.807) is 0 Å². The Morgan fingerprint density at radius 1 is 1.54 bits per heavy atom. The van der Waals surface area contributed by atoms with Gasteiger partial charge in [0.05, 0.1) is 0 Å². The molecule has 6 heteroatoms. The fraction of sp³-hybridized carbons (Fsp3) is 0.714. The molecule has 0 rings (SSSR count). The van der Waals surface area contributed by atoms with Gasteiger partial charge in [0, 0.05) is 0 Å². The zero-order chi connectivity index (χ0) is 10.3. The Balaban J connectivity index is 3.81. The fourth-order valence-corrected chi connectivity index (χ4v) is 1.06. The molecule has 1 atom stereocenters. The molecule has 0 heterocycles. The summed E-state index contributed by atoms with van der Waals surface area (Å²) in [5.74, 6) is -0.940. The van der Waals surface area contributed by atoms with Crippen LogP contribution in [0, 0.1) is 0 Å². The van der Waals surface area contributed by atoms with E-state index in [4.69, 9.17) is 16.6 Å². The maximum absolute atomic E-state index is 10.6. The Hall–Kier alpha value is -0.880. The van der Waals surface area contributed by atoms with Crippen LogP contribution in [0.15, 0.2) is 0 Å². The second kappa shape index (κ2) is 6.62. The van der Waals surface area contributed by atoms with Crippen LogP contribution in [0.4, 0.5) is 0 Å². The van der Waals surface area contributed by atoms with Crippen molar-refractivity contribution in [2.24, 2.45) is 11.5 Å². The molecule has 0 spiro atoms. The molecule has 0 saturated heterocycles. The van der Waals surface area contributed by atoms with Crippen molar-refractivity contribution in [3.63, 3.8) is 0 Å². The topological polar surface area (TPSA) is 101 Å². The highest BCUT2D eigenvalue weighted by Crippen LogP contribution is 2.00. The molecule has 76 valence electrons. The van der Waals surface area contributed by atoms with E-state index in [9.17, 15) is 4.79 Å². The molecule has 0 aliphatic heterocycles. The average molecular weight is 205 g/mol. The van der Waals surface area contributed by atoms with Crippen LogP contribution in [0.2, 0.25) is 0 Å². The third-order valence-corrected chi connectivity index (χ3v) is 1.68. The summed E-state index contributed by atoms with van der Waals surface area (Å²) in [7, 11) is 0. The van der Waals surface area contributed by atoms with Crippen LogP contribution in [0.1, 0.15) is 19.3 Å². The van der Waals surface area contributed by atoms with Crippen molar-refractivity contribution in [2.75, 3.05) is 6.54 Å². The zero-order valence-corrected chi connectivity index (χ0v) is 8.14. The molecule has 0 aromatic heterocycles. The van der Waals surface area contributed by atoms with E-state index < -0.39 is 12.0 Å². The Bertz CT molecular complexity index is 187.